The molecular weight excluding hydrogens is 281 g/mol. The molecule has 0 spiro atoms. The molecule has 1 N–H and O–H groups in total. The van der Waals surface area contributed by atoms with E-state index < -0.39 is 22.4 Å². The molecule has 0 fully saturated rings. The standard InChI is InChI=1S/C14H20FNO3S/c1-4-5-6-7-16(3)20(18,19)14-9-12(10-17)8-13(15)11(14)2/h4,8-9,17H,1,5-7,10H2,2-3H3. The molecule has 0 aliphatic rings. The summed E-state index contributed by atoms with van der Waals surface area (Å²) in [7, 11) is -2.30. The van der Waals surface area contributed by atoms with Crippen molar-refractivity contribution in [2.45, 2.75) is 31.3 Å². The van der Waals surface area contributed by atoms with E-state index in [1.807, 2.05) is 0 Å². The molecule has 1 aromatic rings. The smallest absolute Gasteiger partial charge is 0.243 e. The van der Waals surface area contributed by atoms with Gasteiger partial charge in [-0.3, -0.25) is 0 Å². The quantitative estimate of drug-likeness (QED) is 0.620. The van der Waals surface area contributed by atoms with Crippen LogP contribution in [-0.2, 0) is 16.6 Å². The highest BCUT2D eigenvalue weighted by molar-refractivity contribution is 7.89. The Hall–Kier alpha value is -1.24. The van der Waals surface area contributed by atoms with Gasteiger partial charge in [-0.25, -0.2) is 17.1 Å². The molecule has 0 saturated carbocycles. The lowest BCUT2D eigenvalue weighted by atomic mass is 10.1. The summed E-state index contributed by atoms with van der Waals surface area (Å²) in [4.78, 5) is -0.0948. The van der Waals surface area contributed by atoms with Gasteiger partial charge in [0.25, 0.3) is 0 Å². The zero-order chi connectivity index (χ0) is 15.3. The molecular formula is C14H20FNO3S. The second-order valence-electron chi connectivity index (χ2n) is 4.62. The molecule has 112 valence electrons. The number of hydrogen-bond donors (Lipinski definition) is 1. The first-order chi connectivity index (χ1) is 9.34. The van der Waals surface area contributed by atoms with Crippen molar-refractivity contribution >= 4 is 10.0 Å². The van der Waals surface area contributed by atoms with Crippen LogP contribution < -0.4 is 0 Å². The third-order valence-electron chi connectivity index (χ3n) is 3.11. The molecule has 0 saturated heterocycles. The van der Waals surface area contributed by atoms with Crippen LogP contribution in [0.5, 0.6) is 0 Å². The Bertz CT molecular complexity index is 584. The fourth-order valence-corrected chi connectivity index (χ4v) is 3.30. The molecule has 1 rings (SSSR count). The van der Waals surface area contributed by atoms with Gasteiger partial charge in [-0.15, -0.1) is 6.58 Å². The van der Waals surface area contributed by atoms with Gasteiger partial charge < -0.3 is 5.11 Å². The minimum absolute atomic E-state index is 0.0674. The van der Waals surface area contributed by atoms with E-state index in [1.54, 1.807) is 6.08 Å². The van der Waals surface area contributed by atoms with Crippen molar-refractivity contribution in [3.63, 3.8) is 0 Å². The van der Waals surface area contributed by atoms with Crippen LogP contribution in [0.25, 0.3) is 0 Å². The summed E-state index contributed by atoms with van der Waals surface area (Å²) in [6.45, 7) is 4.93. The van der Waals surface area contributed by atoms with Gasteiger partial charge >= 0.3 is 0 Å². The fraction of sp³-hybridized carbons (Fsp3) is 0.429. The van der Waals surface area contributed by atoms with Crippen LogP contribution in [0.2, 0.25) is 0 Å². The number of halogens is 1. The topological polar surface area (TPSA) is 57.6 Å². The van der Waals surface area contributed by atoms with E-state index in [9.17, 15) is 12.8 Å². The third kappa shape index (κ3) is 3.65. The SMILES string of the molecule is C=CCCCN(C)S(=O)(=O)c1cc(CO)cc(F)c1C. The molecule has 0 unspecified atom stereocenters. The molecule has 0 atom stereocenters. The van der Waals surface area contributed by atoms with Crippen LogP contribution in [0.4, 0.5) is 4.39 Å². The third-order valence-corrected chi connectivity index (χ3v) is 5.09. The average Bonchev–Trinajstić information content (AvgIpc) is 2.41. The second-order valence-corrected chi connectivity index (χ2v) is 6.63. The van der Waals surface area contributed by atoms with Crippen LogP contribution >= 0.6 is 0 Å². The Morgan fingerprint density at radius 2 is 2.10 bits per heavy atom. The first-order valence-corrected chi connectivity index (χ1v) is 7.75. The Balaban J connectivity index is 3.14. The monoisotopic (exact) mass is 301 g/mol. The summed E-state index contributed by atoms with van der Waals surface area (Å²) < 4.78 is 39.8. The van der Waals surface area contributed by atoms with E-state index in [0.717, 1.165) is 6.07 Å². The molecule has 0 aromatic heterocycles. The molecule has 0 bridgehead atoms. The lowest BCUT2D eigenvalue weighted by Crippen LogP contribution is -2.28. The summed E-state index contributed by atoms with van der Waals surface area (Å²) in [6, 6.07) is 2.46. The molecule has 6 heteroatoms. The van der Waals surface area contributed by atoms with E-state index in [-0.39, 0.29) is 16.0 Å². The van der Waals surface area contributed by atoms with Gasteiger partial charge in [0, 0.05) is 19.2 Å². The maximum absolute atomic E-state index is 13.7. The summed E-state index contributed by atoms with van der Waals surface area (Å²) in [5.41, 5.74) is 0.309. The maximum Gasteiger partial charge on any atom is 0.243 e. The Morgan fingerprint density at radius 3 is 2.65 bits per heavy atom. The highest BCUT2D eigenvalue weighted by atomic mass is 32.2. The van der Waals surface area contributed by atoms with Crippen LogP contribution in [0.1, 0.15) is 24.0 Å². The van der Waals surface area contributed by atoms with Crippen molar-refractivity contribution in [2.24, 2.45) is 0 Å². The minimum Gasteiger partial charge on any atom is -0.392 e. The molecule has 0 heterocycles. The van der Waals surface area contributed by atoms with Gasteiger partial charge in [-0.1, -0.05) is 6.08 Å². The molecule has 0 aliphatic carbocycles. The zero-order valence-electron chi connectivity index (χ0n) is 11.8. The number of hydrogen-bond acceptors (Lipinski definition) is 3. The molecule has 20 heavy (non-hydrogen) atoms. The number of rotatable bonds is 7. The van der Waals surface area contributed by atoms with Crippen LogP contribution in [-0.4, -0.2) is 31.4 Å². The van der Waals surface area contributed by atoms with Crippen molar-refractivity contribution in [1.29, 1.82) is 0 Å². The Kier molecular flexibility index (Phi) is 5.86. The zero-order valence-corrected chi connectivity index (χ0v) is 12.6. The maximum atomic E-state index is 13.7. The van der Waals surface area contributed by atoms with E-state index in [2.05, 4.69) is 6.58 Å². The Labute approximate surface area is 119 Å². The highest BCUT2D eigenvalue weighted by Crippen LogP contribution is 2.23. The van der Waals surface area contributed by atoms with Gasteiger partial charge in [-0.2, -0.15) is 0 Å². The van der Waals surface area contributed by atoms with E-state index in [0.29, 0.717) is 19.4 Å². The van der Waals surface area contributed by atoms with Crippen LogP contribution in [0, 0.1) is 12.7 Å². The summed E-state index contributed by atoms with van der Waals surface area (Å²) in [5, 5.41) is 9.07. The fourth-order valence-electron chi connectivity index (χ4n) is 1.81. The molecule has 1 aromatic carbocycles. The predicted molar refractivity (Wildman–Crippen MR) is 76.3 cm³/mol. The number of sulfonamides is 1. The normalized spacial score (nSPS) is 11.8. The number of aliphatic hydroxyl groups excluding tert-OH is 1. The molecule has 0 amide bonds. The van der Waals surface area contributed by atoms with Crippen LogP contribution in [0.15, 0.2) is 29.7 Å². The average molecular weight is 301 g/mol. The number of benzene rings is 1. The van der Waals surface area contributed by atoms with Gasteiger partial charge in [-0.05, 0) is 37.5 Å². The lowest BCUT2D eigenvalue weighted by Gasteiger charge is -2.19. The minimum atomic E-state index is -3.76. The van der Waals surface area contributed by atoms with E-state index >= 15 is 0 Å². The molecule has 4 nitrogen and oxygen atoms in total. The number of unbranched alkanes of at least 4 members (excludes halogenated alkanes) is 1. The molecule has 0 aliphatic heterocycles. The van der Waals surface area contributed by atoms with Gasteiger partial charge in [0.1, 0.15) is 5.82 Å². The van der Waals surface area contributed by atoms with Gasteiger partial charge in [0.2, 0.25) is 10.0 Å². The van der Waals surface area contributed by atoms with Gasteiger partial charge in [0.15, 0.2) is 0 Å². The van der Waals surface area contributed by atoms with Crippen molar-refractivity contribution in [3.05, 3.63) is 41.7 Å². The van der Waals surface area contributed by atoms with Crippen molar-refractivity contribution in [1.82, 2.24) is 4.31 Å². The number of aliphatic hydroxyl groups is 1. The second kappa shape index (κ2) is 6.97. The van der Waals surface area contributed by atoms with Crippen molar-refractivity contribution in [3.8, 4) is 0 Å². The van der Waals surface area contributed by atoms with Crippen molar-refractivity contribution < 1.29 is 17.9 Å². The highest BCUT2D eigenvalue weighted by Gasteiger charge is 2.24. The summed E-state index contributed by atoms with van der Waals surface area (Å²) >= 11 is 0. The van der Waals surface area contributed by atoms with E-state index in [4.69, 9.17) is 5.11 Å². The Morgan fingerprint density at radius 1 is 1.45 bits per heavy atom. The van der Waals surface area contributed by atoms with Crippen LogP contribution in [0.3, 0.4) is 0 Å². The lowest BCUT2D eigenvalue weighted by molar-refractivity contribution is 0.280. The molecule has 0 radical (unpaired) electrons. The number of allylic oxidation sites excluding steroid dienone is 1. The van der Waals surface area contributed by atoms with Gasteiger partial charge in [0.05, 0.1) is 11.5 Å². The largest absolute Gasteiger partial charge is 0.392 e. The predicted octanol–water partition coefficient (Wildman–Crippen LogP) is 2.21. The first kappa shape index (κ1) is 16.8. The number of nitrogens with zero attached hydrogens (tertiary/aromatic N) is 1. The summed E-state index contributed by atoms with van der Waals surface area (Å²) in [5.74, 6) is -0.630. The first-order valence-electron chi connectivity index (χ1n) is 6.31. The summed E-state index contributed by atoms with van der Waals surface area (Å²) in [6.07, 6.45) is 3.09. The van der Waals surface area contributed by atoms with Crippen molar-refractivity contribution in [2.75, 3.05) is 13.6 Å². The van der Waals surface area contributed by atoms with E-state index in [1.165, 1.54) is 24.3 Å².